The van der Waals surface area contributed by atoms with Crippen LogP contribution in [0.3, 0.4) is 0 Å². The smallest absolute Gasteiger partial charge is 0.336 e. The van der Waals surface area contributed by atoms with Crippen LogP contribution in [0.15, 0.2) is 46.9 Å². The summed E-state index contributed by atoms with van der Waals surface area (Å²) in [6.45, 7) is 6.28. The minimum absolute atomic E-state index is 0.0510. The van der Waals surface area contributed by atoms with E-state index in [1.54, 1.807) is 13.0 Å². The van der Waals surface area contributed by atoms with Gasteiger partial charge in [0.2, 0.25) is 5.85 Å². The van der Waals surface area contributed by atoms with Crippen LogP contribution < -0.4 is 4.74 Å². The number of aromatic carboxylic acids is 1. The first-order valence-corrected chi connectivity index (χ1v) is 9.19. The molecule has 2 aromatic carbocycles. The monoisotopic (exact) mass is 393 g/mol. The highest BCUT2D eigenvalue weighted by Crippen LogP contribution is 2.36. The Labute approximate surface area is 166 Å². The number of aromatic nitrogens is 1. The van der Waals surface area contributed by atoms with Gasteiger partial charge in [-0.25, -0.2) is 9.78 Å². The SMILES string of the molecule is Cc1c(-c2cc(C(=O)O)c3cc(OC(C)(C)F)cc(C)c3n2)oc2ccccc12. The number of hydrogen-bond acceptors (Lipinski definition) is 4. The van der Waals surface area contributed by atoms with Crippen LogP contribution in [0.2, 0.25) is 0 Å². The van der Waals surface area contributed by atoms with E-state index in [-0.39, 0.29) is 11.3 Å². The molecule has 0 amide bonds. The molecular weight excluding hydrogens is 373 g/mol. The minimum atomic E-state index is -1.89. The summed E-state index contributed by atoms with van der Waals surface area (Å²) in [5, 5.41) is 11.1. The molecule has 0 bridgehead atoms. The van der Waals surface area contributed by atoms with Crippen LogP contribution in [0.5, 0.6) is 5.75 Å². The number of aryl methyl sites for hydroxylation is 2. The Morgan fingerprint density at radius 3 is 2.52 bits per heavy atom. The normalized spacial score (nSPS) is 11.9. The van der Waals surface area contributed by atoms with Gasteiger partial charge in [0.25, 0.3) is 0 Å². The molecule has 0 aliphatic carbocycles. The fourth-order valence-corrected chi connectivity index (χ4v) is 3.52. The van der Waals surface area contributed by atoms with Gasteiger partial charge in [0.1, 0.15) is 17.0 Å². The second kappa shape index (κ2) is 6.58. The number of rotatable bonds is 4. The van der Waals surface area contributed by atoms with Gasteiger partial charge in [-0.05, 0) is 43.7 Å². The molecule has 0 atom stereocenters. The van der Waals surface area contributed by atoms with E-state index < -0.39 is 11.8 Å². The van der Waals surface area contributed by atoms with Crippen molar-refractivity contribution in [3.8, 4) is 17.2 Å². The highest BCUT2D eigenvalue weighted by Gasteiger charge is 2.22. The first kappa shape index (κ1) is 18.9. The van der Waals surface area contributed by atoms with Gasteiger partial charge < -0.3 is 14.3 Å². The lowest BCUT2D eigenvalue weighted by Crippen LogP contribution is -2.21. The Balaban J connectivity index is 1.97. The summed E-state index contributed by atoms with van der Waals surface area (Å²) in [7, 11) is 0. The van der Waals surface area contributed by atoms with Crippen LogP contribution in [-0.4, -0.2) is 21.9 Å². The molecule has 0 fully saturated rings. The van der Waals surface area contributed by atoms with E-state index in [0.29, 0.717) is 33.5 Å². The lowest BCUT2D eigenvalue weighted by Gasteiger charge is -2.18. The van der Waals surface area contributed by atoms with Crippen LogP contribution in [0.25, 0.3) is 33.3 Å². The summed E-state index contributed by atoms with van der Waals surface area (Å²) >= 11 is 0. The van der Waals surface area contributed by atoms with Crippen LogP contribution in [0.1, 0.15) is 35.3 Å². The van der Waals surface area contributed by atoms with Crippen molar-refractivity contribution in [3.05, 3.63) is 59.2 Å². The molecule has 0 saturated carbocycles. The fraction of sp³-hybridized carbons (Fsp3) is 0.217. The Morgan fingerprint density at radius 2 is 1.86 bits per heavy atom. The number of halogens is 1. The molecule has 1 N–H and O–H groups in total. The van der Waals surface area contributed by atoms with Crippen molar-refractivity contribution in [1.82, 2.24) is 4.98 Å². The number of carbonyl (C=O) groups is 1. The summed E-state index contributed by atoms with van der Waals surface area (Å²) < 4.78 is 25.2. The number of furan rings is 1. The highest BCUT2D eigenvalue weighted by atomic mass is 19.2. The highest BCUT2D eigenvalue weighted by molar-refractivity contribution is 6.05. The van der Waals surface area contributed by atoms with Crippen LogP contribution in [-0.2, 0) is 0 Å². The van der Waals surface area contributed by atoms with Crippen molar-refractivity contribution in [2.75, 3.05) is 0 Å². The second-order valence-corrected chi connectivity index (χ2v) is 7.51. The molecule has 0 aliphatic rings. The molecule has 0 aliphatic heterocycles. The maximum atomic E-state index is 13.9. The van der Waals surface area contributed by atoms with Gasteiger partial charge in [0, 0.05) is 30.2 Å². The Bertz CT molecular complexity index is 1270. The summed E-state index contributed by atoms with van der Waals surface area (Å²) in [6.07, 6.45) is 0. The Morgan fingerprint density at radius 1 is 1.14 bits per heavy atom. The molecule has 0 saturated heterocycles. The van der Waals surface area contributed by atoms with E-state index in [1.165, 1.54) is 26.0 Å². The fourth-order valence-electron chi connectivity index (χ4n) is 3.52. The molecule has 0 spiro atoms. The quantitative estimate of drug-likeness (QED) is 0.457. The van der Waals surface area contributed by atoms with Gasteiger partial charge in [-0.3, -0.25) is 0 Å². The van der Waals surface area contributed by atoms with Crippen molar-refractivity contribution in [1.29, 1.82) is 0 Å². The number of benzene rings is 2. The maximum absolute atomic E-state index is 13.9. The van der Waals surface area contributed by atoms with E-state index in [0.717, 1.165) is 10.9 Å². The van der Waals surface area contributed by atoms with Gasteiger partial charge in [-0.15, -0.1) is 0 Å². The zero-order valence-electron chi connectivity index (χ0n) is 16.5. The summed E-state index contributed by atoms with van der Waals surface area (Å²) in [4.78, 5) is 16.7. The average molecular weight is 393 g/mol. The number of ether oxygens (including phenoxy) is 1. The van der Waals surface area contributed by atoms with Crippen molar-refractivity contribution >= 4 is 27.8 Å². The van der Waals surface area contributed by atoms with E-state index >= 15 is 0 Å². The molecule has 0 unspecified atom stereocenters. The molecule has 6 heteroatoms. The number of pyridine rings is 1. The van der Waals surface area contributed by atoms with Gasteiger partial charge in [0.05, 0.1) is 11.1 Å². The zero-order chi connectivity index (χ0) is 20.9. The molecule has 4 rings (SSSR count). The van der Waals surface area contributed by atoms with E-state index in [9.17, 15) is 14.3 Å². The van der Waals surface area contributed by atoms with Gasteiger partial charge in [0.15, 0.2) is 5.76 Å². The number of carboxylic acids is 1. The first-order chi connectivity index (χ1) is 13.6. The molecule has 29 heavy (non-hydrogen) atoms. The lowest BCUT2D eigenvalue weighted by atomic mass is 10.0. The predicted molar refractivity (Wildman–Crippen MR) is 109 cm³/mol. The van der Waals surface area contributed by atoms with Gasteiger partial charge in [-0.1, -0.05) is 18.2 Å². The first-order valence-electron chi connectivity index (χ1n) is 9.19. The number of nitrogens with zero attached hydrogens (tertiary/aromatic N) is 1. The van der Waals surface area contributed by atoms with Crippen molar-refractivity contribution in [3.63, 3.8) is 0 Å². The zero-order valence-corrected chi connectivity index (χ0v) is 16.5. The molecular formula is C23H20FNO4. The topological polar surface area (TPSA) is 72.6 Å². The summed E-state index contributed by atoms with van der Waals surface area (Å²) in [6, 6.07) is 12.3. The van der Waals surface area contributed by atoms with Crippen LogP contribution >= 0.6 is 0 Å². The average Bonchev–Trinajstić information content (AvgIpc) is 2.97. The number of hydrogen-bond donors (Lipinski definition) is 1. The Hall–Kier alpha value is -3.41. The summed E-state index contributed by atoms with van der Waals surface area (Å²) in [5.41, 5.74) is 3.27. The molecule has 0 radical (unpaired) electrons. The molecule has 2 aromatic heterocycles. The van der Waals surface area contributed by atoms with Crippen LogP contribution in [0.4, 0.5) is 4.39 Å². The molecule has 148 valence electrons. The summed E-state index contributed by atoms with van der Waals surface area (Å²) in [5.74, 6) is -2.22. The standard InChI is InChI=1S/C23H20FNO4/c1-12-9-14(29-23(3,4)24)10-16-17(22(26)27)11-18(25-20(12)16)21-13(2)15-7-5-6-8-19(15)28-21/h5-11H,1-4H3,(H,26,27). The van der Waals surface area contributed by atoms with Crippen molar-refractivity contribution in [2.24, 2.45) is 0 Å². The number of fused-ring (bicyclic) bond motifs is 2. The maximum Gasteiger partial charge on any atom is 0.336 e. The van der Waals surface area contributed by atoms with Crippen molar-refractivity contribution in [2.45, 2.75) is 33.5 Å². The van der Waals surface area contributed by atoms with E-state index in [2.05, 4.69) is 4.98 Å². The van der Waals surface area contributed by atoms with E-state index in [1.807, 2.05) is 31.2 Å². The van der Waals surface area contributed by atoms with Gasteiger partial charge >= 0.3 is 5.97 Å². The minimum Gasteiger partial charge on any atom is -0.478 e. The molecule has 5 nitrogen and oxygen atoms in total. The Kier molecular flexibility index (Phi) is 4.30. The molecule has 4 aromatic rings. The second-order valence-electron chi connectivity index (χ2n) is 7.51. The number of carboxylic acid groups (broad SMARTS) is 1. The third-order valence-corrected chi connectivity index (χ3v) is 4.74. The predicted octanol–water partition coefficient (Wildman–Crippen LogP) is 6.05. The number of alkyl halides is 1. The van der Waals surface area contributed by atoms with Crippen LogP contribution in [0, 0.1) is 13.8 Å². The number of para-hydroxylation sites is 1. The third-order valence-electron chi connectivity index (χ3n) is 4.74. The van der Waals surface area contributed by atoms with Gasteiger partial charge in [-0.2, -0.15) is 4.39 Å². The van der Waals surface area contributed by atoms with Crippen molar-refractivity contribution < 1.29 is 23.4 Å². The third kappa shape index (κ3) is 3.42. The molecule has 2 heterocycles. The largest absolute Gasteiger partial charge is 0.478 e. The van der Waals surface area contributed by atoms with E-state index in [4.69, 9.17) is 9.15 Å². The lowest BCUT2D eigenvalue weighted by molar-refractivity contribution is -0.0256.